The van der Waals surface area contributed by atoms with Crippen molar-refractivity contribution in [3.05, 3.63) is 47.0 Å². The van der Waals surface area contributed by atoms with Gasteiger partial charge in [0.25, 0.3) is 5.91 Å². The third-order valence-electron chi connectivity index (χ3n) is 2.86. The lowest BCUT2D eigenvalue weighted by Gasteiger charge is -2.06. The number of hydrogen-bond donors (Lipinski definition) is 2. The first-order valence-electron chi connectivity index (χ1n) is 6.42. The van der Waals surface area contributed by atoms with E-state index in [1.165, 1.54) is 0 Å². The molecule has 1 aromatic carbocycles. The van der Waals surface area contributed by atoms with Gasteiger partial charge in [0.15, 0.2) is 5.82 Å². The summed E-state index contributed by atoms with van der Waals surface area (Å²) >= 11 is 0. The van der Waals surface area contributed by atoms with E-state index in [2.05, 4.69) is 27.4 Å². The molecule has 0 aliphatic rings. The van der Waals surface area contributed by atoms with Crippen molar-refractivity contribution >= 4 is 5.91 Å². The van der Waals surface area contributed by atoms with E-state index in [9.17, 15) is 4.79 Å². The monoisotopic (exact) mass is 284 g/mol. The molecule has 2 N–H and O–H groups in total. The van der Waals surface area contributed by atoms with Gasteiger partial charge in [-0.15, -0.1) is 10.2 Å². The van der Waals surface area contributed by atoms with E-state index >= 15 is 0 Å². The van der Waals surface area contributed by atoms with E-state index < -0.39 is 0 Å². The van der Waals surface area contributed by atoms with Crippen LogP contribution in [0.1, 0.15) is 27.3 Å². The molecule has 108 valence electrons. The molecule has 0 saturated heterocycles. The molecule has 0 aliphatic heterocycles. The number of carbonyl (C=O) groups is 1. The zero-order valence-corrected chi connectivity index (χ0v) is 11.9. The van der Waals surface area contributed by atoms with Gasteiger partial charge in [-0.05, 0) is 30.7 Å². The van der Waals surface area contributed by atoms with Gasteiger partial charge in [0, 0.05) is 18.2 Å². The van der Waals surface area contributed by atoms with Crippen LogP contribution in [0.5, 0.6) is 0 Å². The molecule has 0 fully saturated rings. The Morgan fingerprint density at radius 3 is 2.90 bits per heavy atom. The Balaban J connectivity index is 2.11. The minimum absolute atomic E-state index is 0.200. The van der Waals surface area contributed by atoms with E-state index in [0.717, 1.165) is 5.56 Å². The molecule has 0 unspecified atom stereocenters. The zero-order chi connectivity index (χ0) is 15.2. The van der Waals surface area contributed by atoms with E-state index in [4.69, 9.17) is 5.11 Å². The van der Waals surface area contributed by atoms with Crippen molar-refractivity contribution in [2.45, 2.75) is 13.5 Å². The molecule has 0 spiro atoms. The zero-order valence-electron chi connectivity index (χ0n) is 11.9. The highest BCUT2D eigenvalue weighted by Gasteiger charge is 2.08. The molecule has 0 radical (unpaired) electrons. The Hall–Kier alpha value is -2.65. The summed E-state index contributed by atoms with van der Waals surface area (Å²) in [7, 11) is 1.82. The highest BCUT2D eigenvalue weighted by molar-refractivity contribution is 5.94. The minimum Gasteiger partial charge on any atom is -0.384 e. The largest absolute Gasteiger partial charge is 0.384 e. The minimum atomic E-state index is -0.207. The number of carbonyl (C=O) groups excluding carboxylic acids is 1. The number of hydrogen-bond acceptors (Lipinski definition) is 4. The Labute approximate surface area is 122 Å². The second-order valence-electron chi connectivity index (χ2n) is 4.59. The fourth-order valence-electron chi connectivity index (χ4n) is 1.86. The van der Waals surface area contributed by atoms with Gasteiger partial charge < -0.3 is 15.0 Å². The van der Waals surface area contributed by atoms with Crippen molar-refractivity contribution < 1.29 is 9.90 Å². The topological polar surface area (TPSA) is 80.0 Å². The van der Waals surface area contributed by atoms with Gasteiger partial charge in [-0.3, -0.25) is 4.79 Å². The van der Waals surface area contributed by atoms with E-state index in [1.54, 1.807) is 23.0 Å². The fourth-order valence-corrected chi connectivity index (χ4v) is 1.86. The molecule has 21 heavy (non-hydrogen) atoms. The molecule has 1 heterocycles. The molecule has 0 atom stereocenters. The van der Waals surface area contributed by atoms with E-state index in [1.807, 2.05) is 20.0 Å². The number of rotatable bonds is 3. The first-order valence-corrected chi connectivity index (χ1v) is 6.42. The van der Waals surface area contributed by atoms with Gasteiger partial charge in [-0.2, -0.15) is 0 Å². The van der Waals surface area contributed by atoms with Crippen LogP contribution < -0.4 is 5.32 Å². The second-order valence-corrected chi connectivity index (χ2v) is 4.59. The molecule has 2 aromatic rings. The molecular weight excluding hydrogens is 268 g/mol. The Morgan fingerprint density at radius 2 is 2.24 bits per heavy atom. The number of benzene rings is 1. The standard InChI is InChI=1S/C15H16N4O2/c1-11-6-12(4-3-5-20)8-13(7-11)15(21)16-9-14-18-17-10-19(14)2/h6-8,10,20H,5,9H2,1-2H3,(H,16,21). The van der Waals surface area contributed by atoms with Crippen LogP contribution in [0.4, 0.5) is 0 Å². The van der Waals surface area contributed by atoms with Crippen molar-refractivity contribution in [3.63, 3.8) is 0 Å². The van der Waals surface area contributed by atoms with Crippen molar-refractivity contribution in [1.82, 2.24) is 20.1 Å². The smallest absolute Gasteiger partial charge is 0.251 e. The van der Waals surface area contributed by atoms with Gasteiger partial charge in [-0.25, -0.2) is 0 Å². The lowest BCUT2D eigenvalue weighted by molar-refractivity contribution is 0.0949. The van der Waals surface area contributed by atoms with Crippen LogP contribution in [-0.2, 0) is 13.6 Å². The van der Waals surface area contributed by atoms with Gasteiger partial charge in [0.05, 0.1) is 6.54 Å². The van der Waals surface area contributed by atoms with Crippen LogP contribution in [-0.4, -0.2) is 32.4 Å². The van der Waals surface area contributed by atoms with E-state index in [0.29, 0.717) is 23.5 Å². The fraction of sp³-hybridized carbons (Fsp3) is 0.267. The van der Waals surface area contributed by atoms with Gasteiger partial charge in [0.1, 0.15) is 12.9 Å². The third-order valence-corrected chi connectivity index (χ3v) is 2.86. The molecule has 0 saturated carbocycles. The number of aryl methyl sites for hydroxylation is 2. The summed E-state index contributed by atoms with van der Waals surface area (Å²) in [6, 6.07) is 5.35. The molecule has 1 aromatic heterocycles. The van der Waals surface area contributed by atoms with Crippen LogP contribution in [0.25, 0.3) is 0 Å². The molecule has 0 aliphatic carbocycles. The highest BCUT2D eigenvalue weighted by atomic mass is 16.2. The van der Waals surface area contributed by atoms with Gasteiger partial charge >= 0.3 is 0 Å². The maximum absolute atomic E-state index is 12.2. The summed E-state index contributed by atoms with van der Waals surface area (Å²) in [4.78, 5) is 12.2. The summed E-state index contributed by atoms with van der Waals surface area (Å²) in [5.41, 5.74) is 2.16. The Bertz CT molecular complexity index is 710. The quantitative estimate of drug-likeness (QED) is 0.799. The summed E-state index contributed by atoms with van der Waals surface area (Å²) < 4.78 is 1.74. The van der Waals surface area contributed by atoms with Crippen LogP contribution in [0, 0.1) is 18.8 Å². The first-order chi connectivity index (χ1) is 10.1. The number of aromatic nitrogens is 3. The summed E-state index contributed by atoms with van der Waals surface area (Å²) in [5.74, 6) is 5.85. The first kappa shape index (κ1) is 14.8. The van der Waals surface area contributed by atoms with Crippen LogP contribution in [0.3, 0.4) is 0 Å². The lowest BCUT2D eigenvalue weighted by atomic mass is 10.1. The molecule has 1 amide bonds. The van der Waals surface area contributed by atoms with Crippen LogP contribution >= 0.6 is 0 Å². The highest BCUT2D eigenvalue weighted by Crippen LogP contribution is 2.09. The lowest BCUT2D eigenvalue weighted by Crippen LogP contribution is -2.24. The summed E-state index contributed by atoms with van der Waals surface area (Å²) in [5, 5.41) is 19.2. The van der Waals surface area contributed by atoms with Crippen LogP contribution in [0.15, 0.2) is 24.5 Å². The maximum Gasteiger partial charge on any atom is 0.251 e. The Morgan fingerprint density at radius 1 is 1.43 bits per heavy atom. The predicted molar refractivity (Wildman–Crippen MR) is 77.3 cm³/mol. The van der Waals surface area contributed by atoms with Crippen molar-refractivity contribution in [3.8, 4) is 11.8 Å². The molecular formula is C15H16N4O2. The van der Waals surface area contributed by atoms with Crippen molar-refractivity contribution in [2.75, 3.05) is 6.61 Å². The average molecular weight is 284 g/mol. The van der Waals surface area contributed by atoms with Crippen molar-refractivity contribution in [2.24, 2.45) is 7.05 Å². The average Bonchev–Trinajstić information content (AvgIpc) is 2.87. The maximum atomic E-state index is 12.2. The second kappa shape index (κ2) is 6.68. The Kier molecular flexibility index (Phi) is 4.69. The SMILES string of the molecule is Cc1cc(C#CCO)cc(C(=O)NCc2nncn2C)c1. The number of nitrogens with one attached hydrogen (secondary N) is 1. The number of nitrogens with zero attached hydrogens (tertiary/aromatic N) is 3. The van der Waals surface area contributed by atoms with Gasteiger partial charge in [0.2, 0.25) is 0 Å². The third kappa shape index (κ3) is 3.91. The predicted octanol–water partition coefficient (Wildman–Crippen LogP) is 0.397. The molecule has 6 heteroatoms. The number of aliphatic hydroxyl groups excluding tert-OH is 1. The molecule has 0 bridgehead atoms. The number of aliphatic hydroxyl groups is 1. The molecule has 2 rings (SSSR count). The summed E-state index contributed by atoms with van der Waals surface area (Å²) in [6.45, 7) is 1.99. The normalized spacial score (nSPS) is 9.86. The van der Waals surface area contributed by atoms with Gasteiger partial charge in [-0.1, -0.05) is 11.8 Å². The van der Waals surface area contributed by atoms with E-state index in [-0.39, 0.29) is 12.5 Å². The van der Waals surface area contributed by atoms with Crippen molar-refractivity contribution in [1.29, 1.82) is 0 Å². The summed E-state index contributed by atoms with van der Waals surface area (Å²) in [6.07, 6.45) is 1.58. The molecule has 6 nitrogen and oxygen atoms in total. The van der Waals surface area contributed by atoms with Crippen LogP contribution in [0.2, 0.25) is 0 Å². The number of amides is 1.